The van der Waals surface area contributed by atoms with Crippen LogP contribution in [-0.4, -0.2) is 23.1 Å². The summed E-state index contributed by atoms with van der Waals surface area (Å²) in [5.74, 6) is 0.112. The van der Waals surface area contributed by atoms with Gasteiger partial charge < -0.3 is 14.5 Å². The molecule has 3 aromatic carbocycles. The van der Waals surface area contributed by atoms with E-state index in [0.717, 1.165) is 22.0 Å². The zero-order valence-corrected chi connectivity index (χ0v) is 17.6. The molecule has 0 fully saturated rings. The SMILES string of the molecule is CCOc1cc([C@@H](C[N+](=O)[O-])c2c[nH]c3ccccc23)ccc1OCc1ccccc1F. The van der Waals surface area contributed by atoms with Crippen molar-refractivity contribution in [2.24, 2.45) is 0 Å². The van der Waals surface area contributed by atoms with Gasteiger partial charge in [-0.15, -0.1) is 0 Å². The largest absolute Gasteiger partial charge is 0.490 e. The number of fused-ring (bicyclic) bond motifs is 1. The lowest BCUT2D eigenvalue weighted by Crippen LogP contribution is -2.14. The van der Waals surface area contributed by atoms with E-state index in [1.165, 1.54) is 6.07 Å². The Bertz CT molecular complexity index is 1240. The molecule has 0 saturated carbocycles. The van der Waals surface area contributed by atoms with Crippen LogP contribution in [0.2, 0.25) is 0 Å². The maximum absolute atomic E-state index is 13.9. The Morgan fingerprint density at radius 2 is 1.81 bits per heavy atom. The highest BCUT2D eigenvalue weighted by atomic mass is 19.1. The zero-order chi connectivity index (χ0) is 22.5. The molecular weight excluding hydrogens is 411 g/mol. The molecule has 4 aromatic rings. The molecule has 6 nitrogen and oxygen atoms in total. The van der Waals surface area contributed by atoms with Gasteiger partial charge in [-0.1, -0.05) is 42.5 Å². The summed E-state index contributed by atoms with van der Waals surface area (Å²) in [5, 5.41) is 12.4. The molecule has 0 unspecified atom stereocenters. The second-order valence-corrected chi connectivity index (χ2v) is 7.38. The molecule has 0 aliphatic rings. The summed E-state index contributed by atoms with van der Waals surface area (Å²) in [6, 6.07) is 19.4. The second-order valence-electron chi connectivity index (χ2n) is 7.38. The van der Waals surface area contributed by atoms with Crippen LogP contribution in [0.25, 0.3) is 10.9 Å². The number of nitrogens with one attached hydrogen (secondary N) is 1. The van der Waals surface area contributed by atoms with Crippen molar-refractivity contribution in [2.45, 2.75) is 19.4 Å². The molecule has 0 amide bonds. The number of aromatic nitrogens is 1. The van der Waals surface area contributed by atoms with E-state index in [0.29, 0.717) is 23.7 Å². The monoisotopic (exact) mass is 434 g/mol. The summed E-state index contributed by atoms with van der Waals surface area (Å²) >= 11 is 0. The Kier molecular flexibility index (Phi) is 6.35. The average Bonchev–Trinajstić information content (AvgIpc) is 3.22. The van der Waals surface area contributed by atoms with Gasteiger partial charge in [0.1, 0.15) is 12.4 Å². The van der Waals surface area contributed by atoms with Gasteiger partial charge >= 0.3 is 0 Å². The van der Waals surface area contributed by atoms with Crippen LogP contribution in [0.3, 0.4) is 0 Å². The van der Waals surface area contributed by atoms with Crippen LogP contribution < -0.4 is 9.47 Å². The molecule has 7 heteroatoms. The van der Waals surface area contributed by atoms with Crippen molar-refractivity contribution in [1.29, 1.82) is 0 Å². The fraction of sp³-hybridized carbons (Fsp3) is 0.200. The number of H-pyrrole nitrogens is 1. The minimum absolute atomic E-state index is 0.0485. The maximum Gasteiger partial charge on any atom is 0.214 e. The highest BCUT2D eigenvalue weighted by Gasteiger charge is 2.24. The third kappa shape index (κ3) is 4.56. The molecule has 1 aromatic heterocycles. The van der Waals surface area contributed by atoms with Crippen LogP contribution in [-0.2, 0) is 6.61 Å². The Morgan fingerprint density at radius 1 is 1.03 bits per heavy atom. The van der Waals surface area contributed by atoms with E-state index in [4.69, 9.17) is 9.47 Å². The number of rotatable bonds is 9. The predicted molar refractivity (Wildman–Crippen MR) is 120 cm³/mol. The molecule has 1 N–H and O–H groups in total. The van der Waals surface area contributed by atoms with Crippen molar-refractivity contribution in [2.75, 3.05) is 13.2 Å². The molecule has 0 radical (unpaired) electrons. The lowest BCUT2D eigenvalue weighted by molar-refractivity contribution is -0.481. The van der Waals surface area contributed by atoms with Crippen molar-refractivity contribution in [1.82, 2.24) is 4.98 Å². The first kappa shape index (κ1) is 21.4. The summed E-state index contributed by atoms with van der Waals surface area (Å²) in [6.45, 7) is 2.03. The normalized spacial score (nSPS) is 11.9. The number of halogens is 1. The Labute approximate surface area is 184 Å². The van der Waals surface area contributed by atoms with Gasteiger partial charge in [0.2, 0.25) is 6.54 Å². The molecule has 32 heavy (non-hydrogen) atoms. The summed E-state index contributed by atoms with van der Waals surface area (Å²) in [6.07, 6.45) is 1.82. The third-order valence-corrected chi connectivity index (χ3v) is 5.34. The van der Waals surface area contributed by atoms with Crippen molar-refractivity contribution in [3.05, 3.63) is 106 Å². The van der Waals surface area contributed by atoms with Crippen LogP contribution in [0.1, 0.15) is 29.5 Å². The van der Waals surface area contributed by atoms with Gasteiger partial charge in [0.05, 0.1) is 12.5 Å². The smallest absolute Gasteiger partial charge is 0.214 e. The first-order chi connectivity index (χ1) is 15.6. The highest BCUT2D eigenvalue weighted by Crippen LogP contribution is 2.36. The number of benzene rings is 3. The minimum Gasteiger partial charge on any atom is -0.490 e. The van der Waals surface area contributed by atoms with Crippen LogP contribution in [0.4, 0.5) is 4.39 Å². The molecular formula is C25H23FN2O4. The average molecular weight is 434 g/mol. The molecule has 0 aliphatic heterocycles. The molecule has 1 atom stereocenters. The summed E-state index contributed by atoms with van der Waals surface area (Å²) in [4.78, 5) is 14.4. The minimum atomic E-state index is -0.471. The number of hydrogen-bond acceptors (Lipinski definition) is 4. The van der Waals surface area contributed by atoms with Crippen molar-refractivity contribution < 1.29 is 18.8 Å². The standard InChI is InChI=1S/C25H23FN2O4/c1-2-31-25-13-17(11-12-24(25)32-16-18-7-3-5-9-22(18)26)21(15-28(29)30)20-14-27-23-10-6-4-8-19(20)23/h3-14,21,27H,2,15-16H2,1H3/t21-/m1/s1. The number of aromatic amines is 1. The topological polar surface area (TPSA) is 77.4 Å². The van der Waals surface area contributed by atoms with Crippen molar-refractivity contribution in [3.8, 4) is 11.5 Å². The molecule has 0 spiro atoms. The molecule has 4 rings (SSSR count). The van der Waals surface area contributed by atoms with Crippen molar-refractivity contribution in [3.63, 3.8) is 0 Å². The van der Waals surface area contributed by atoms with Crippen LogP contribution in [0.5, 0.6) is 11.5 Å². The lowest BCUT2D eigenvalue weighted by atomic mass is 9.90. The summed E-state index contributed by atoms with van der Waals surface area (Å²) in [7, 11) is 0. The fourth-order valence-electron chi connectivity index (χ4n) is 3.81. The van der Waals surface area contributed by atoms with E-state index in [-0.39, 0.29) is 23.9 Å². The van der Waals surface area contributed by atoms with Crippen molar-refractivity contribution >= 4 is 10.9 Å². The van der Waals surface area contributed by atoms with E-state index in [1.807, 2.05) is 37.4 Å². The van der Waals surface area contributed by atoms with Gasteiger partial charge in [0.25, 0.3) is 0 Å². The lowest BCUT2D eigenvalue weighted by Gasteiger charge is -2.17. The Balaban J connectivity index is 1.68. The number of ether oxygens (including phenoxy) is 2. The molecule has 0 aliphatic carbocycles. The highest BCUT2D eigenvalue weighted by molar-refractivity contribution is 5.84. The predicted octanol–water partition coefficient (Wildman–Crippen LogP) is 5.69. The fourth-order valence-corrected chi connectivity index (χ4v) is 3.81. The number of para-hydroxylation sites is 1. The van der Waals surface area contributed by atoms with Crippen LogP contribution >= 0.6 is 0 Å². The van der Waals surface area contributed by atoms with Gasteiger partial charge in [-0.2, -0.15) is 0 Å². The third-order valence-electron chi connectivity index (χ3n) is 5.34. The molecule has 0 saturated heterocycles. The maximum atomic E-state index is 13.9. The quantitative estimate of drug-likeness (QED) is 0.271. The van der Waals surface area contributed by atoms with E-state index in [2.05, 4.69) is 4.98 Å². The van der Waals surface area contributed by atoms with Gasteiger partial charge in [-0.05, 0) is 42.3 Å². The number of hydrogen-bond donors (Lipinski definition) is 1. The van der Waals surface area contributed by atoms with E-state index in [9.17, 15) is 14.5 Å². The van der Waals surface area contributed by atoms with Gasteiger partial charge in [-0.25, -0.2) is 4.39 Å². The van der Waals surface area contributed by atoms with Gasteiger partial charge in [0, 0.05) is 27.6 Å². The summed E-state index contributed by atoms with van der Waals surface area (Å²) < 4.78 is 25.5. The van der Waals surface area contributed by atoms with Crippen LogP contribution in [0.15, 0.2) is 72.9 Å². The molecule has 0 bridgehead atoms. The number of nitrogens with zero attached hydrogens (tertiary/aromatic N) is 1. The van der Waals surface area contributed by atoms with E-state index in [1.54, 1.807) is 36.4 Å². The van der Waals surface area contributed by atoms with E-state index < -0.39 is 5.92 Å². The number of nitro groups is 1. The summed E-state index contributed by atoms with van der Waals surface area (Å²) in [5.41, 5.74) is 2.95. The zero-order valence-electron chi connectivity index (χ0n) is 17.6. The Morgan fingerprint density at radius 3 is 2.59 bits per heavy atom. The first-order valence-electron chi connectivity index (χ1n) is 10.4. The van der Waals surface area contributed by atoms with Crippen LogP contribution in [0, 0.1) is 15.9 Å². The van der Waals surface area contributed by atoms with Gasteiger partial charge in [-0.3, -0.25) is 10.1 Å². The van der Waals surface area contributed by atoms with Gasteiger partial charge in [0.15, 0.2) is 11.5 Å². The second kappa shape index (κ2) is 9.51. The Hall–Kier alpha value is -3.87. The first-order valence-corrected chi connectivity index (χ1v) is 10.4. The molecule has 164 valence electrons. The molecule has 1 heterocycles. The van der Waals surface area contributed by atoms with E-state index >= 15 is 0 Å².